The quantitative estimate of drug-likeness (QED) is 0.402. The number of carbonyl (C=O) groups is 1. The molecule has 1 aromatic rings. The van der Waals surface area contributed by atoms with Gasteiger partial charge in [-0.2, -0.15) is 8.42 Å². The fourth-order valence-corrected chi connectivity index (χ4v) is 1.74. The van der Waals surface area contributed by atoms with Crippen molar-refractivity contribution in [3.8, 4) is 0 Å². The second-order valence-electron chi connectivity index (χ2n) is 3.15. The molecule has 92 valence electrons. The van der Waals surface area contributed by atoms with Gasteiger partial charge in [0.15, 0.2) is 0 Å². The smallest absolute Gasteiger partial charge is 1.00 e. The van der Waals surface area contributed by atoms with Crippen molar-refractivity contribution in [1.82, 2.24) is 0 Å². The van der Waals surface area contributed by atoms with Crippen LogP contribution in [0, 0.1) is 0 Å². The molecule has 0 saturated heterocycles. The Bertz CT molecular complexity index is 526. The Labute approximate surface area is 130 Å². The van der Waals surface area contributed by atoms with Gasteiger partial charge in [-0.1, -0.05) is 36.4 Å². The van der Waals surface area contributed by atoms with Gasteiger partial charge in [0, 0.05) is 0 Å². The van der Waals surface area contributed by atoms with Crippen LogP contribution in [0.1, 0.15) is 13.4 Å². The topological polar surface area (TPSA) is 60.4 Å². The molecule has 1 rings (SSSR count). The summed E-state index contributed by atoms with van der Waals surface area (Å²) in [5, 5.41) is 0.851. The van der Waals surface area contributed by atoms with E-state index in [1.165, 1.54) is 12.2 Å². The molecule has 6 heteroatoms. The summed E-state index contributed by atoms with van der Waals surface area (Å²) in [5.41, 5.74) is 0.704. The van der Waals surface area contributed by atoms with Gasteiger partial charge in [-0.3, -0.25) is 4.79 Å². The molecule has 1 aromatic carbocycles. The summed E-state index contributed by atoms with van der Waals surface area (Å²) in [6, 6.07) is 8.83. The minimum atomic E-state index is -3.98. The summed E-state index contributed by atoms with van der Waals surface area (Å²) >= 11 is 0. The van der Waals surface area contributed by atoms with E-state index in [9.17, 15) is 13.2 Å². The summed E-state index contributed by atoms with van der Waals surface area (Å²) in [7, 11) is -3.98. The second kappa shape index (κ2) is 8.26. The number of hydrogen-bond donors (Lipinski definition) is 0. The third kappa shape index (κ3) is 6.76. The predicted octanol–water partition coefficient (Wildman–Crippen LogP) is -0.777. The van der Waals surface area contributed by atoms with Gasteiger partial charge in [-0.05, 0) is 11.6 Å². The fraction of sp³-hybridized carbons (Fsp3) is 0.0833. The Kier molecular flexibility index (Phi) is 7.86. The molecule has 0 aliphatic heterocycles. The van der Waals surface area contributed by atoms with Crippen LogP contribution in [0.5, 0.6) is 0 Å². The van der Waals surface area contributed by atoms with Crippen LogP contribution in [0.4, 0.5) is 0 Å². The van der Waals surface area contributed by atoms with Crippen LogP contribution in [0.25, 0.3) is 6.08 Å². The second-order valence-corrected chi connectivity index (χ2v) is 4.58. The summed E-state index contributed by atoms with van der Waals surface area (Å²) < 4.78 is 26.9. The molecule has 0 aromatic heterocycles. The molecule has 0 radical (unpaired) electrons. The first-order chi connectivity index (χ1) is 8.03. The average Bonchev–Trinajstić information content (AvgIpc) is 2.27. The predicted molar refractivity (Wildman–Crippen MR) is 66.4 cm³/mol. The van der Waals surface area contributed by atoms with Crippen molar-refractivity contribution in [1.29, 1.82) is 0 Å². The molecule has 0 aliphatic carbocycles. The zero-order valence-corrected chi connectivity index (χ0v) is 12.9. The SMILES string of the molecule is C=CCC(=O)OS(=O)(=O)C=Cc1ccccc1.[H-].[Na+]. The van der Waals surface area contributed by atoms with E-state index in [-0.39, 0.29) is 37.4 Å². The van der Waals surface area contributed by atoms with Gasteiger partial charge in [-0.25, -0.2) is 0 Å². The van der Waals surface area contributed by atoms with E-state index in [1.54, 1.807) is 24.3 Å². The van der Waals surface area contributed by atoms with Crippen LogP contribution < -0.4 is 29.6 Å². The van der Waals surface area contributed by atoms with E-state index in [4.69, 9.17) is 0 Å². The Morgan fingerprint density at radius 1 is 1.33 bits per heavy atom. The Hall–Kier alpha value is -0.880. The summed E-state index contributed by atoms with van der Waals surface area (Å²) in [6.45, 7) is 3.31. The van der Waals surface area contributed by atoms with Crippen molar-refractivity contribution in [2.24, 2.45) is 0 Å². The molecule has 18 heavy (non-hydrogen) atoms. The Morgan fingerprint density at radius 2 is 1.94 bits per heavy atom. The van der Waals surface area contributed by atoms with Crippen molar-refractivity contribution in [2.75, 3.05) is 0 Å². The van der Waals surface area contributed by atoms with E-state index in [1.807, 2.05) is 6.07 Å². The molecule has 0 unspecified atom stereocenters. The molecule has 0 heterocycles. The zero-order chi connectivity index (χ0) is 12.7. The third-order valence-electron chi connectivity index (χ3n) is 1.75. The van der Waals surface area contributed by atoms with Crippen LogP contribution in [-0.4, -0.2) is 14.4 Å². The largest absolute Gasteiger partial charge is 1.00 e. The van der Waals surface area contributed by atoms with Crippen LogP contribution in [0.3, 0.4) is 0 Å². The Balaban J connectivity index is 0. The molecule has 4 nitrogen and oxygen atoms in total. The van der Waals surface area contributed by atoms with Gasteiger partial charge in [0.25, 0.3) is 0 Å². The molecular weight excluding hydrogens is 263 g/mol. The average molecular weight is 276 g/mol. The first kappa shape index (κ1) is 17.1. The van der Waals surface area contributed by atoms with E-state index in [0.29, 0.717) is 5.56 Å². The van der Waals surface area contributed by atoms with Crippen LogP contribution in [-0.2, 0) is 19.1 Å². The number of rotatable bonds is 5. The first-order valence-electron chi connectivity index (χ1n) is 4.85. The number of benzene rings is 1. The van der Waals surface area contributed by atoms with Gasteiger partial charge in [0.2, 0.25) is 0 Å². The molecule has 0 spiro atoms. The maximum atomic E-state index is 11.3. The van der Waals surface area contributed by atoms with Crippen molar-refractivity contribution < 1.29 is 48.4 Å². The molecule has 0 N–H and O–H groups in total. The van der Waals surface area contributed by atoms with E-state index < -0.39 is 16.1 Å². The molecule has 0 amide bonds. The minimum absolute atomic E-state index is 0. The van der Waals surface area contributed by atoms with Gasteiger partial charge in [0.05, 0.1) is 11.8 Å². The summed E-state index contributed by atoms with van der Waals surface area (Å²) in [4.78, 5) is 11.0. The molecule has 0 saturated carbocycles. The van der Waals surface area contributed by atoms with Gasteiger partial charge in [0.1, 0.15) is 0 Å². The molecular formula is C12H13NaO4S. The number of carbonyl (C=O) groups excluding carboxylic acids is 1. The Morgan fingerprint density at radius 3 is 2.50 bits per heavy atom. The summed E-state index contributed by atoms with van der Waals surface area (Å²) in [5.74, 6) is -0.849. The normalized spacial score (nSPS) is 10.7. The van der Waals surface area contributed by atoms with Crippen molar-refractivity contribution in [3.63, 3.8) is 0 Å². The number of hydrogen-bond acceptors (Lipinski definition) is 4. The van der Waals surface area contributed by atoms with E-state index >= 15 is 0 Å². The molecule has 0 aliphatic rings. The van der Waals surface area contributed by atoms with Crippen molar-refractivity contribution >= 4 is 22.2 Å². The molecule has 0 fully saturated rings. The van der Waals surface area contributed by atoms with E-state index in [2.05, 4.69) is 10.8 Å². The fourth-order valence-electron chi connectivity index (χ4n) is 1.04. The zero-order valence-electron chi connectivity index (χ0n) is 11.1. The van der Waals surface area contributed by atoms with Crippen LogP contribution in [0.2, 0.25) is 0 Å². The van der Waals surface area contributed by atoms with E-state index in [0.717, 1.165) is 5.41 Å². The minimum Gasteiger partial charge on any atom is -1.00 e. The monoisotopic (exact) mass is 276 g/mol. The molecule has 0 atom stereocenters. The van der Waals surface area contributed by atoms with Crippen molar-refractivity contribution in [2.45, 2.75) is 6.42 Å². The first-order valence-corrected chi connectivity index (χ1v) is 6.32. The van der Waals surface area contributed by atoms with Crippen LogP contribution >= 0.6 is 0 Å². The molecule has 0 bridgehead atoms. The maximum absolute atomic E-state index is 11.3. The third-order valence-corrected chi connectivity index (χ3v) is 2.63. The van der Waals surface area contributed by atoms with Gasteiger partial charge < -0.3 is 5.61 Å². The van der Waals surface area contributed by atoms with Gasteiger partial charge in [-0.15, -0.1) is 6.58 Å². The standard InChI is InChI=1S/C12H12O4S.Na.H/c1-2-6-12(13)16-17(14,15)10-9-11-7-4-3-5-8-11;;/h2-5,7-10H,1,6H2;;/q;+1;-1. The van der Waals surface area contributed by atoms with Crippen LogP contribution in [0.15, 0.2) is 48.4 Å². The summed E-state index contributed by atoms with van der Waals surface area (Å²) in [6.07, 6.45) is 2.49. The van der Waals surface area contributed by atoms with Gasteiger partial charge >= 0.3 is 45.6 Å². The maximum Gasteiger partial charge on any atom is 1.00 e. The van der Waals surface area contributed by atoms with Crippen molar-refractivity contribution in [3.05, 3.63) is 54.0 Å².